The summed E-state index contributed by atoms with van der Waals surface area (Å²) in [4.78, 5) is 42.6. The fraction of sp³-hybridized carbons (Fsp3) is 0.393. The minimum Gasteiger partial charge on any atom is -0.494 e. The molecule has 2 aliphatic rings. The number of ether oxygens (including phenoxy) is 1. The molecule has 0 saturated carbocycles. The number of carbonyl (C=O) groups excluding carboxylic acids is 3. The SMILES string of the molecule is CCOc1ccc(NC(=O)C[C@H]2C(=O)N(c3cccc(C)c3)C(=O)N2CCC2=CCCCC2)cc1. The van der Waals surface area contributed by atoms with Crippen LogP contribution < -0.4 is 15.0 Å². The highest BCUT2D eigenvalue weighted by Gasteiger charge is 2.46. The number of urea groups is 1. The molecule has 0 bridgehead atoms. The van der Waals surface area contributed by atoms with Gasteiger partial charge in [0.15, 0.2) is 0 Å². The molecule has 1 heterocycles. The Morgan fingerprint density at radius 3 is 2.60 bits per heavy atom. The number of amides is 4. The third-order valence-corrected chi connectivity index (χ3v) is 6.47. The van der Waals surface area contributed by atoms with E-state index in [0.29, 0.717) is 24.5 Å². The van der Waals surface area contributed by atoms with E-state index in [9.17, 15) is 14.4 Å². The molecular formula is C28H33N3O4. The third kappa shape index (κ3) is 5.91. The summed E-state index contributed by atoms with van der Waals surface area (Å²) in [6, 6.07) is 13.2. The van der Waals surface area contributed by atoms with Gasteiger partial charge in [0.05, 0.1) is 18.7 Å². The normalized spacial score (nSPS) is 18.0. The topological polar surface area (TPSA) is 79.0 Å². The molecule has 2 aromatic rings. The molecule has 2 aromatic carbocycles. The van der Waals surface area contributed by atoms with Crippen LogP contribution in [0.15, 0.2) is 60.2 Å². The highest BCUT2D eigenvalue weighted by molar-refractivity contribution is 6.22. The highest BCUT2D eigenvalue weighted by Crippen LogP contribution is 2.29. The van der Waals surface area contributed by atoms with E-state index in [1.807, 2.05) is 32.0 Å². The minimum atomic E-state index is -0.838. The van der Waals surface area contributed by atoms with E-state index in [-0.39, 0.29) is 24.3 Å². The maximum absolute atomic E-state index is 13.4. The van der Waals surface area contributed by atoms with Crippen LogP contribution in [0.3, 0.4) is 0 Å². The zero-order chi connectivity index (χ0) is 24.8. The molecule has 184 valence electrons. The predicted octanol–water partition coefficient (Wildman–Crippen LogP) is 5.45. The van der Waals surface area contributed by atoms with Gasteiger partial charge in [-0.3, -0.25) is 9.59 Å². The van der Waals surface area contributed by atoms with E-state index in [0.717, 1.165) is 37.0 Å². The number of imide groups is 1. The molecule has 1 N–H and O–H groups in total. The Labute approximate surface area is 206 Å². The lowest BCUT2D eigenvalue weighted by molar-refractivity contribution is -0.124. The lowest BCUT2D eigenvalue weighted by Gasteiger charge is -2.23. The van der Waals surface area contributed by atoms with Crippen molar-refractivity contribution in [3.8, 4) is 5.75 Å². The number of benzene rings is 2. The number of hydrogen-bond donors (Lipinski definition) is 1. The van der Waals surface area contributed by atoms with Crippen LogP contribution >= 0.6 is 0 Å². The van der Waals surface area contributed by atoms with Crippen molar-refractivity contribution in [3.05, 3.63) is 65.7 Å². The fourth-order valence-corrected chi connectivity index (χ4v) is 4.68. The summed E-state index contributed by atoms with van der Waals surface area (Å²) in [5.41, 5.74) is 3.43. The molecule has 1 saturated heterocycles. The zero-order valence-electron chi connectivity index (χ0n) is 20.5. The third-order valence-electron chi connectivity index (χ3n) is 6.47. The summed E-state index contributed by atoms with van der Waals surface area (Å²) in [7, 11) is 0. The summed E-state index contributed by atoms with van der Waals surface area (Å²) in [5, 5.41) is 2.85. The summed E-state index contributed by atoms with van der Waals surface area (Å²) >= 11 is 0. The maximum Gasteiger partial charge on any atom is 0.332 e. The number of allylic oxidation sites excluding steroid dienone is 1. The lowest BCUT2D eigenvalue weighted by atomic mass is 9.97. The number of nitrogens with one attached hydrogen (secondary N) is 1. The second-order valence-electron chi connectivity index (χ2n) is 9.07. The molecule has 0 unspecified atom stereocenters. The summed E-state index contributed by atoms with van der Waals surface area (Å²) in [6.07, 6.45) is 7.31. The number of nitrogens with zero attached hydrogens (tertiary/aromatic N) is 2. The number of carbonyl (C=O) groups is 3. The molecule has 1 aliphatic carbocycles. The Balaban J connectivity index is 1.51. The van der Waals surface area contributed by atoms with Gasteiger partial charge in [-0.05, 0) is 87.9 Å². The molecule has 1 fully saturated rings. The van der Waals surface area contributed by atoms with Gasteiger partial charge in [0.1, 0.15) is 11.8 Å². The predicted molar refractivity (Wildman–Crippen MR) is 137 cm³/mol. The Bertz CT molecular complexity index is 1110. The lowest BCUT2D eigenvalue weighted by Crippen LogP contribution is -2.38. The average molecular weight is 476 g/mol. The first-order valence-electron chi connectivity index (χ1n) is 12.4. The maximum atomic E-state index is 13.4. The van der Waals surface area contributed by atoms with Crippen LogP contribution in [-0.4, -0.2) is 41.9 Å². The smallest absolute Gasteiger partial charge is 0.332 e. The van der Waals surface area contributed by atoms with Crippen LogP contribution in [0, 0.1) is 6.92 Å². The van der Waals surface area contributed by atoms with E-state index in [4.69, 9.17) is 4.74 Å². The van der Waals surface area contributed by atoms with Crippen LogP contribution in [0.2, 0.25) is 0 Å². The molecule has 35 heavy (non-hydrogen) atoms. The first kappa shape index (κ1) is 24.5. The summed E-state index contributed by atoms with van der Waals surface area (Å²) in [6.45, 7) is 4.81. The first-order valence-corrected chi connectivity index (χ1v) is 12.4. The minimum absolute atomic E-state index is 0.0981. The number of anilines is 2. The van der Waals surface area contributed by atoms with Crippen molar-refractivity contribution < 1.29 is 19.1 Å². The van der Waals surface area contributed by atoms with Crippen molar-refractivity contribution in [3.63, 3.8) is 0 Å². The van der Waals surface area contributed by atoms with Gasteiger partial charge in [-0.1, -0.05) is 23.8 Å². The first-order chi connectivity index (χ1) is 17.0. The van der Waals surface area contributed by atoms with Crippen molar-refractivity contribution in [1.29, 1.82) is 0 Å². The fourth-order valence-electron chi connectivity index (χ4n) is 4.68. The molecule has 1 atom stereocenters. The van der Waals surface area contributed by atoms with Crippen LogP contribution in [0.4, 0.5) is 16.2 Å². The highest BCUT2D eigenvalue weighted by atomic mass is 16.5. The van der Waals surface area contributed by atoms with Gasteiger partial charge in [-0.15, -0.1) is 0 Å². The molecule has 0 radical (unpaired) electrons. The average Bonchev–Trinajstić information content (AvgIpc) is 3.08. The Hall–Kier alpha value is -3.61. The largest absolute Gasteiger partial charge is 0.494 e. The molecule has 7 nitrogen and oxygen atoms in total. The quantitative estimate of drug-likeness (QED) is 0.386. The van der Waals surface area contributed by atoms with Crippen molar-refractivity contribution in [2.75, 3.05) is 23.4 Å². The van der Waals surface area contributed by atoms with E-state index in [1.165, 1.54) is 16.9 Å². The second-order valence-corrected chi connectivity index (χ2v) is 9.07. The van der Waals surface area contributed by atoms with Gasteiger partial charge in [-0.25, -0.2) is 9.69 Å². The molecule has 4 rings (SSSR count). The molecule has 4 amide bonds. The van der Waals surface area contributed by atoms with Gasteiger partial charge >= 0.3 is 6.03 Å². The Morgan fingerprint density at radius 1 is 1.11 bits per heavy atom. The number of aryl methyl sites for hydroxylation is 1. The zero-order valence-corrected chi connectivity index (χ0v) is 20.5. The van der Waals surface area contributed by atoms with Crippen molar-refractivity contribution >= 4 is 29.2 Å². The van der Waals surface area contributed by atoms with Crippen LogP contribution in [0.25, 0.3) is 0 Å². The Kier molecular flexibility index (Phi) is 7.85. The monoisotopic (exact) mass is 475 g/mol. The van der Waals surface area contributed by atoms with Crippen LogP contribution in [0.5, 0.6) is 5.75 Å². The molecular weight excluding hydrogens is 442 g/mol. The number of rotatable bonds is 9. The van der Waals surface area contributed by atoms with Gasteiger partial charge in [-0.2, -0.15) is 0 Å². The van der Waals surface area contributed by atoms with E-state index in [2.05, 4.69) is 11.4 Å². The van der Waals surface area contributed by atoms with E-state index >= 15 is 0 Å². The molecule has 1 aliphatic heterocycles. The van der Waals surface area contributed by atoms with Crippen molar-refractivity contribution in [2.24, 2.45) is 0 Å². The summed E-state index contributed by atoms with van der Waals surface area (Å²) < 4.78 is 5.44. The standard InChI is InChI=1S/C28H33N3O4/c1-3-35-24-14-12-22(13-15-24)29-26(32)19-25-27(33)31(23-11-7-8-20(2)18-23)28(34)30(25)17-16-21-9-5-4-6-10-21/h7-9,11-15,18,25H,3-6,10,16-17,19H2,1-2H3,(H,29,32)/t25-/m0/s1. The molecule has 0 spiro atoms. The van der Waals surface area contributed by atoms with Gasteiger partial charge in [0, 0.05) is 12.2 Å². The summed E-state index contributed by atoms with van der Waals surface area (Å²) in [5.74, 6) is 0.0485. The van der Waals surface area contributed by atoms with Crippen LogP contribution in [-0.2, 0) is 9.59 Å². The van der Waals surface area contributed by atoms with Crippen molar-refractivity contribution in [1.82, 2.24) is 4.90 Å². The molecule has 7 heteroatoms. The Morgan fingerprint density at radius 2 is 1.91 bits per heavy atom. The van der Waals surface area contributed by atoms with Gasteiger partial charge in [0.25, 0.3) is 5.91 Å². The number of hydrogen-bond acceptors (Lipinski definition) is 4. The second kappa shape index (κ2) is 11.2. The van der Waals surface area contributed by atoms with Crippen molar-refractivity contribution in [2.45, 2.75) is 58.4 Å². The van der Waals surface area contributed by atoms with E-state index in [1.54, 1.807) is 35.2 Å². The molecule has 0 aromatic heterocycles. The van der Waals surface area contributed by atoms with Gasteiger partial charge < -0.3 is 15.0 Å². The van der Waals surface area contributed by atoms with E-state index < -0.39 is 6.04 Å². The van der Waals surface area contributed by atoms with Crippen LogP contribution in [0.1, 0.15) is 51.0 Å². The van der Waals surface area contributed by atoms with Gasteiger partial charge in [0.2, 0.25) is 5.91 Å².